The smallest absolute Gasteiger partial charge is 0.0815 e. The molecule has 1 aromatic carbocycles. The van der Waals surface area contributed by atoms with Crippen molar-refractivity contribution in [3.63, 3.8) is 0 Å². The van der Waals surface area contributed by atoms with Crippen LogP contribution in [0, 0.1) is 0 Å². The summed E-state index contributed by atoms with van der Waals surface area (Å²) in [6, 6.07) is 8.18. The lowest BCUT2D eigenvalue weighted by Gasteiger charge is -2.04. The third-order valence-corrected chi connectivity index (χ3v) is 4.16. The molecule has 0 aliphatic rings. The average molecular weight is 328 g/mol. The van der Waals surface area contributed by atoms with Crippen LogP contribution in [-0.4, -0.2) is 11.7 Å². The van der Waals surface area contributed by atoms with Crippen LogP contribution in [0.4, 0.5) is 5.69 Å². The number of carboxylic acids is 1. The number of thiophene rings is 1. The Bertz CT molecular complexity index is 683. The number of hydrogen-bond acceptors (Lipinski definition) is 5. The fourth-order valence-electron chi connectivity index (χ4n) is 1.42. The number of hydrogen-bond donors (Lipinski definition) is 1. The van der Waals surface area contributed by atoms with Crippen molar-refractivity contribution in [3.8, 4) is 0 Å². The molecule has 0 aliphatic heterocycles. The number of carboxylic acid groups (broad SMARTS) is 1. The number of carbonyl (C=O) groups is 1. The average Bonchev–Trinajstić information content (AvgIpc) is 2.87. The zero-order valence-electron chi connectivity index (χ0n) is 10.3. The zero-order valence-corrected chi connectivity index (χ0v) is 12.6. The van der Waals surface area contributed by atoms with Crippen molar-refractivity contribution in [1.82, 2.24) is 0 Å². The van der Waals surface area contributed by atoms with E-state index in [1.807, 2.05) is 0 Å². The Kier molecular flexibility index (Phi) is 4.65. The summed E-state index contributed by atoms with van der Waals surface area (Å²) in [5.41, 5.74) is 4.08. The molecule has 1 N–H and O–H groups in total. The van der Waals surface area contributed by atoms with Gasteiger partial charge in [-0.25, -0.2) is 0 Å². The van der Waals surface area contributed by atoms with Gasteiger partial charge in [0.05, 0.1) is 32.1 Å². The number of hydrazone groups is 1. The number of halogens is 2. The molecule has 0 atom stereocenters. The Morgan fingerprint density at radius 1 is 1.25 bits per heavy atom. The topological polar surface area (TPSA) is 64.5 Å². The first kappa shape index (κ1) is 14.8. The number of carbonyl (C=O) groups excluding carboxylic acids is 1. The first-order valence-electron chi connectivity index (χ1n) is 5.54. The second-order valence-corrected chi connectivity index (χ2v) is 5.81. The van der Waals surface area contributed by atoms with Crippen LogP contribution in [0.3, 0.4) is 0 Å². The van der Waals surface area contributed by atoms with Crippen molar-refractivity contribution in [2.45, 2.75) is 6.92 Å². The van der Waals surface area contributed by atoms with Crippen molar-refractivity contribution < 1.29 is 9.90 Å². The van der Waals surface area contributed by atoms with Gasteiger partial charge in [-0.15, -0.1) is 11.3 Å². The minimum Gasteiger partial charge on any atom is -0.544 e. The standard InChI is InChI=1S/C13H10Cl2N2O2S/c1-7(11-4-5-12(20-11)13(18)19)16-17-10-3-2-8(14)6-9(10)15/h2-6,17H,1H3,(H,18,19)/p-1/b16-7-. The summed E-state index contributed by atoms with van der Waals surface area (Å²) in [5.74, 6) is -1.19. The molecule has 0 bridgehead atoms. The number of aromatic carboxylic acids is 1. The summed E-state index contributed by atoms with van der Waals surface area (Å²) in [5, 5.41) is 15.9. The van der Waals surface area contributed by atoms with Crippen LogP contribution < -0.4 is 10.5 Å². The highest BCUT2D eigenvalue weighted by Crippen LogP contribution is 2.25. The number of rotatable bonds is 4. The molecule has 1 aromatic heterocycles. The molecule has 0 aliphatic carbocycles. The largest absolute Gasteiger partial charge is 0.544 e. The second-order valence-electron chi connectivity index (χ2n) is 3.88. The summed E-state index contributed by atoms with van der Waals surface area (Å²) in [6.45, 7) is 1.77. The Morgan fingerprint density at radius 2 is 1.95 bits per heavy atom. The molecule has 0 unspecified atom stereocenters. The first-order chi connectivity index (χ1) is 9.47. The van der Waals surface area contributed by atoms with Crippen LogP contribution in [0.1, 0.15) is 21.5 Å². The maximum absolute atomic E-state index is 10.7. The van der Waals surface area contributed by atoms with E-state index in [4.69, 9.17) is 23.2 Å². The van der Waals surface area contributed by atoms with Crippen LogP contribution in [0.5, 0.6) is 0 Å². The minimum absolute atomic E-state index is 0.166. The summed E-state index contributed by atoms with van der Waals surface area (Å²) < 4.78 is 0. The van der Waals surface area contributed by atoms with E-state index in [0.29, 0.717) is 21.4 Å². The molecule has 0 spiro atoms. The normalized spacial score (nSPS) is 11.4. The fourth-order valence-corrected chi connectivity index (χ4v) is 2.66. The van der Waals surface area contributed by atoms with Gasteiger partial charge in [0.25, 0.3) is 0 Å². The highest BCUT2D eigenvalue weighted by atomic mass is 35.5. The molecule has 0 radical (unpaired) electrons. The van der Waals surface area contributed by atoms with Crippen LogP contribution in [-0.2, 0) is 0 Å². The lowest BCUT2D eigenvalue weighted by atomic mass is 10.3. The molecule has 2 rings (SSSR count). The van der Waals surface area contributed by atoms with E-state index in [-0.39, 0.29) is 4.88 Å². The highest BCUT2D eigenvalue weighted by molar-refractivity contribution is 7.15. The molecule has 1 heterocycles. The maximum atomic E-state index is 10.7. The van der Waals surface area contributed by atoms with Gasteiger partial charge in [-0.2, -0.15) is 5.10 Å². The van der Waals surface area contributed by atoms with Crippen LogP contribution in [0.15, 0.2) is 35.4 Å². The van der Waals surface area contributed by atoms with Gasteiger partial charge in [0, 0.05) is 5.02 Å². The number of benzene rings is 1. The SMILES string of the molecule is C/C(=N/Nc1ccc(Cl)cc1Cl)c1ccc(C(=O)[O-])s1. The van der Waals surface area contributed by atoms with Gasteiger partial charge >= 0.3 is 0 Å². The van der Waals surface area contributed by atoms with Crippen molar-refractivity contribution in [1.29, 1.82) is 0 Å². The van der Waals surface area contributed by atoms with Crippen molar-refractivity contribution in [3.05, 3.63) is 50.1 Å². The predicted octanol–water partition coefficient (Wildman–Crippen LogP) is 3.25. The minimum atomic E-state index is -1.19. The fraction of sp³-hybridized carbons (Fsp3) is 0.0769. The van der Waals surface area contributed by atoms with Gasteiger partial charge in [-0.05, 0) is 37.3 Å². The Morgan fingerprint density at radius 3 is 2.55 bits per heavy atom. The van der Waals surface area contributed by atoms with Gasteiger partial charge < -0.3 is 9.90 Å². The lowest BCUT2D eigenvalue weighted by Crippen LogP contribution is -2.20. The molecule has 7 heteroatoms. The van der Waals surface area contributed by atoms with E-state index in [1.165, 1.54) is 6.07 Å². The molecular weight excluding hydrogens is 319 g/mol. The number of anilines is 1. The first-order valence-corrected chi connectivity index (χ1v) is 7.11. The summed E-state index contributed by atoms with van der Waals surface area (Å²) in [6.07, 6.45) is 0. The molecule has 0 saturated carbocycles. The third-order valence-electron chi connectivity index (χ3n) is 2.44. The predicted molar refractivity (Wildman–Crippen MR) is 80.9 cm³/mol. The molecule has 0 amide bonds. The molecular formula is C13H9Cl2N2O2S-. The van der Waals surface area contributed by atoms with Crippen LogP contribution in [0.2, 0.25) is 10.0 Å². The monoisotopic (exact) mass is 327 g/mol. The highest BCUT2D eigenvalue weighted by Gasteiger charge is 2.05. The van der Waals surface area contributed by atoms with E-state index in [0.717, 1.165) is 16.2 Å². The van der Waals surface area contributed by atoms with E-state index >= 15 is 0 Å². The van der Waals surface area contributed by atoms with Gasteiger partial charge in [0.2, 0.25) is 0 Å². The summed E-state index contributed by atoms with van der Waals surface area (Å²) in [7, 11) is 0. The number of nitrogens with zero attached hydrogens (tertiary/aromatic N) is 1. The van der Waals surface area contributed by atoms with E-state index in [2.05, 4.69) is 10.5 Å². The van der Waals surface area contributed by atoms with Gasteiger partial charge in [0.15, 0.2) is 0 Å². The molecule has 0 fully saturated rings. The lowest BCUT2D eigenvalue weighted by molar-refractivity contribution is -0.254. The van der Waals surface area contributed by atoms with Crippen LogP contribution >= 0.6 is 34.5 Å². The van der Waals surface area contributed by atoms with E-state index < -0.39 is 5.97 Å². The van der Waals surface area contributed by atoms with Gasteiger partial charge in [-0.1, -0.05) is 23.2 Å². The van der Waals surface area contributed by atoms with Crippen molar-refractivity contribution in [2.75, 3.05) is 5.43 Å². The Balaban J connectivity index is 2.15. The van der Waals surface area contributed by atoms with Crippen LogP contribution in [0.25, 0.3) is 0 Å². The van der Waals surface area contributed by atoms with Gasteiger partial charge in [-0.3, -0.25) is 5.43 Å². The molecule has 0 saturated heterocycles. The third kappa shape index (κ3) is 3.50. The van der Waals surface area contributed by atoms with E-state index in [9.17, 15) is 9.90 Å². The summed E-state index contributed by atoms with van der Waals surface area (Å²) in [4.78, 5) is 11.6. The molecule has 4 nitrogen and oxygen atoms in total. The molecule has 104 valence electrons. The van der Waals surface area contributed by atoms with Crippen molar-refractivity contribution in [2.24, 2.45) is 5.10 Å². The second kappa shape index (κ2) is 6.26. The Hall–Kier alpha value is -1.56. The van der Waals surface area contributed by atoms with Gasteiger partial charge in [0.1, 0.15) is 0 Å². The van der Waals surface area contributed by atoms with E-state index in [1.54, 1.807) is 31.2 Å². The Labute approximate surface area is 129 Å². The zero-order chi connectivity index (χ0) is 14.7. The molecule has 2 aromatic rings. The molecule has 20 heavy (non-hydrogen) atoms. The quantitative estimate of drug-likeness (QED) is 0.692. The summed E-state index contributed by atoms with van der Waals surface area (Å²) >= 11 is 12.9. The maximum Gasteiger partial charge on any atom is 0.0815 e. The number of nitrogens with one attached hydrogen (secondary N) is 1. The van der Waals surface area contributed by atoms with Crippen molar-refractivity contribution >= 4 is 51.9 Å².